The Morgan fingerprint density at radius 2 is 1.65 bits per heavy atom. The summed E-state index contributed by atoms with van der Waals surface area (Å²) in [6.45, 7) is 15.7. The highest BCUT2D eigenvalue weighted by Gasteiger charge is 2.49. The summed E-state index contributed by atoms with van der Waals surface area (Å²) < 4.78 is 69.8. The van der Waals surface area contributed by atoms with Crippen LogP contribution in [0.1, 0.15) is 72.7 Å². The molecule has 0 saturated heterocycles. The minimum absolute atomic E-state index is 0.153. The lowest BCUT2D eigenvalue weighted by atomic mass is 10.2. The smallest absolute Gasteiger partial charge is 0.413 e. The summed E-state index contributed by atoms with van der Waals surface area (Å²) in [5, 5.41) is 1.51. The molecular weight excluding hydrogens is 467 g/mol. The molecule has 1 heterocycles. The van der Waals surface area contributed by atoms with Gasteiger partial charge in [-0.2, -0.15) is 21.6 Å². The van der Waals surface area contributed by atoms with E-state index in [-0.39, 0.29) is 6.10 Å². The molecule has 0 saturated carbocycles. The Bertz CT molecular complexity index is 799. The third-order valence-electron chi connectivity index (χ3n) is 5.33. The van der Waals surface area contributed by atoms with Crippen molar-refractivity contribution in [2.24, 2.45) is 0 Å². The highest BCUT2D eigenvalue weighted by Crippen LogP contribution is 2.43. The number of aromatic nitrogens is 1. The average molecular weight is 502 g/mol. The molecule has 180 valence electrons. The molecule has 1 atom stereocenters. The molecule has 1 rings (SSSR count). The Morgan fingerprint density at radius 3 is 2.13 bits per heavy atom. The molecule has 0 aliphatic heterocycles. The highest BCUT2D eigenvalue weighted by molar-refractivity contribution is 7.88. The number of rotatable bonds is 12. The zero-order valence-corrected chi connectivity index (χ0v) is 21.8. The van der Waals surface area contributed by atoms with E-state index in [2.05, 4.69) is 57.6 Å². The summed E-state index contributed by atoms with van der Waals surface area (Å²) in [7, 11) is -7.61. The molecule has 0 spiro atoms. The van der Waals surface area contributed by atoms with Gasteiger partial charge in [0.25, 0.3) is 0 Å². The zero-order chi connectivity index (χ0) is 24.0. The van der Waals surface area contributed by atoms with Gasteiger partial charge in [-0.1, -0.05) is 47.6 Å². The largest absolute Gasteiger partial charge is 0.534 e. The van der Waals surface area contributed by atoms with Gasteiger partial charge in [0.2, 0.25) is 14.2 Å². The molecule has 0 unspecified atom stereocenters. The van der Waals surface area contributed by atoms with Gasteiger partial charge in [0.15, 0.2) is 0 Å². The van der Waals surface area contributed by atoms with Gasteiger partial charge in [-0.3, -0.25) is 0 Å². The molecule has 31 heavy (non-hydrogen) atoms. The molecule has 0 fully saturated rings. The van der Waals surface area contributed by atoms with Crippen LogP contribution in [0.15, 0.2) is 11.5 Å². The number of allylic oxidation sites excluding steroid dienone is 1. The summed E-state index contributed by atoms with van der Waals surface area (Å²) in [5.74, 6) is -0.582. The molecule has 0 aromatic carbocycles. The fraction of sp³-hybridized carbons (Fsp3) is 0.750. The van der Waals surface area contributed by atoms with Crippen molar-refractivity contribution >= 4 is 35.8 Å². The van der Waals surface area contributed by atoms with Gasteiger partial charge in [0, 0.05) is 6.10 Å². The van der Waals surface area contributed by atoms with E-state index in [9.17, 15) is 21.6 Å². The van der Waals surface area contributed by atoms with Crippen LogP contribution in [-0.4, -0.2) is 33.3 Å². The Kier molecular flexibility index (Phi) is 10.2. The summed E-state index contributed by atoms with van der Waals surface area (Å²) in [4.78, 5) is 3.76. The van der Waals surface area contributed by atoms with Crippen LogP contribution >= 0.6 is 11.3 Å². The predicted octanol–water partition coefficient (Wildman–Crippen LogP) is 7.14. The second-order valence-electron chi connectivity index (χ2n) is 8.59. The lowest BCUT2D eigenvalue weighted by Crippen LogP contribution is -2.49. The van der Waals surface area contributed by atoms with E-state index in [1.807, 2.05) is 6.08 Å². The van der Waals surface area contributed by atoms with Crippen LogP contribution < -0.4 is 4.18 Å². The average Bonchev–Trinajstić information content (AvgIpc) is 3.03. The second kappa shape index (κ2) is 11.3. The van der Waals surface area contributed by atoms with Crippen molar-refractivity contribution in [1.82, 2.24) is 4.98 Å². The Balaban J connectivity index is 2.57. The minimum atomic E-state index is -5.70. The van der Waals surface area contributed by atoms with Crippen molar-refractivity contribution in [1.29, 1.82) is 0 Å². The van der Waals surface area contributed by atoms with Gasteiger partial charge in [0.05, 0.1) is 5.38 Å². The Morgan fingerprint density at radius 1 is 1.10 bits per heavy atom. The monoisotopic (exact) mass is 501 g/mol. The number of hydrogen-bond donors (Lipinski definition) is 0. The van der Waals surface area contributed by atoms with Crippen molar-refractivity contribution in [2.45, 2.75) is 96.0 Å². The Labute approximate surface area is 189 Å². The normalized spacial score (nSPS) is 14.9. The molecule has 0 radical (unpaired) electrons. The first-order valence-electron chi connectivity index (χ1n) is 10.4. The van der Waals surface area contributed by atoms with E-state index < -0.39 is 29.8 Å². The van der Waals surface area contributed by atoms with Crippen LogP contribution in [0.4, 0.5) is 13.2 Å². The van der Waals surface area contributed by atoms with E-state index in [1.54, 1.807) is 6.08 Å². The van der Waals surface area contributed by atoms with E-state index in [0.29, 0.717) is 21.6 Å². The fourth-order valence-electron chi connectivity index (χ4n) is 4.07. The molecular formula is C20H34F3NO4S2Si. The SMILES string of the molecule is CC(C)[Si](O[C@H](C)CCC/C=C/c1nc(OS(=O)(=O)C(F)(F)F)cs1)(C(C)C)C(C)C. The number of nitrogens with zero attached hydrogens (tertiary/aromatic N) is 1. The molecule has 0 aliphatic rings. The molecule has 0 amide bonds. The van der Waals surface area contributed by atoms with Gasteiger partial charge in [0.1, 0.15) is 5.01 Å². The van der Waals surface area contributed by atoms with E-state index in [4.69, 9.17) is 4.43 Å². The van der Waals surface area contributed by atoms with Gasteiger partial charge < -0.3 is 8.61 Å². The molecule has 5 nitrogen and oxygen atoms in total. The second-order valence-corrected chi connectivity index (χ2v) is 16.4. The van der Waals surface area contributed by atoms with Gasteiger partial charge >= 0.3 is 15.6 Å². The fourth-order valence-corrected chi connectivity index (χ4v) is 10.8. The first-order valence-corrected chi connectivity index (χ1v) is 14.9. The van der Waals surface area contributed by atoms with Crippen molar-refractivity contribution < 1.29 is 30.2 Å². The maximum absolute atomic E-state index is 12.4. The van der Waals surface area contributed by atoms with Crippen LogP contribution in [0.2, 0.25) is 16.6 Å². The first-order chi connectivity index (χ1) is 14.1. The van der Waals surface area contributed by atoms with Crippen LogP contribution in [0.25, 0.3) is 6.08 Å². The lowest BCUT2D eigenvalue weighted by Gasteiger charge is -2.44. The van der Waals surface area contributed by atoms with Crippen molar-refractivity contribution in [3.8, 4) is 5.88 Å². The van der Waals surface area contributed by atoms with Gasteiger partial charge in [-0.05, 0) is 48.9 Å². The topological polar surface area (TPSA) is 65.5 Å². The van der Waals surface area contributed by atoms with E-state index >= 15 is 0 Å². The number of hydrogen-bond acceptors (Lipinski definition) is 6. The molecule has 1 aromatic rings. The summed E-state index contributed by atoms with van der Waals surface area (Å²) >= 11 is 1.01. The lowest BCUT2D eigenvalue weighted by molar-refractivity contribution is -0.0501. The molecule has 0 N–H and O–H groups in total. The zero-order valence-electron chi connectivity index (χ0n) is 19.2. The Hall–Kier alpha value is -0.913. The maximum atomic E-state index is 12.4. The van der Waals surface area contributed by atoms with Crippen LogP contribution in [-0.2, 0) is 14.5 Å². The van der Waals surface area contributed by atoms with Crippen LogP contribution in [0.3, 0.4) is 0 Å². The van der Waals surface area contributed by atoms with Gasteiger partial charge in [-0.25, -0.2) is 4.98 Å². The molecule has 11 heteroatoms. The summed E-state index contributed by atoms with van der Waals surface area (Å²) in [6, 6.07) is 0. The summed E-state index contributed by atoms with van der Waals surface area (Å²) in [5.41, 5.74) is -3.90. The first kappa shape index (κ1) is 28.1. The molecule has 1 aromatic heterocycles. The van der Waals surface area contributed by atoms with Gasteiger partial charge in [-0.15, -0.1) is 11.3 Å². The third kappa shape index (κ3) is 7.57. The number of alkyl halides is 3. The van der Waals surface area contributed by atoms with Crippen LogP contribution in [0, 0.1) is 0 Å². The summed E-state index contributed by atoms with van der Waals surface area (Å²) in [6.07, 6.45) is 6.23. The van der Waals surface area contributed by atoms with E-state index in [1.165, 1.54) is 0 Å². The minimum Gasteiger partial charge on any atom is -0.413 e. The van der Waals surface area contributed by atoms with E-state index in [0.717, 1.165) is 36.0 Å². The van der Waals surface area contributed by atoms with Crippen LogP contribution in [0.5, 0.6) is 5.88 Å². The highest BCUT2D eigenvalue weighted by atomic mass is 32.2. The maximum Gasteiger partial charge on any atom is 0.534 e. The van der Waals surface area contributed by atoms with Crippen molar-refractivity contribution in [3.63, 3.8) is 0 Å². The van der Waals surface area contributed by atoms with Crippen molar-refractivity contribution in [3.05, 3.63) is 16.5 Å². The quantitative estimate of drug-likeness (QED) is 0.132. The molecule has 0 bridgehead atoms. The number of unbranched alkanes of at least 4 members (excludes halogenated alkanes) is 1. The third-order valence-corrected chi connectivity index (χ3v) is 13.3. The standard InChI is InChI=1S/C20H34F3NO4S2Si/c1-14(2)31(15(3)4,16(5)6)28-17(7)11-9-8-10-12-19-24-18(13-29-19)27-30(25,26)20(21,22)23/h10,12-17H,8-9,11H2,1-7H3/b12-10+/t17-/m1/s1. The number of halogens is 3. The molecule has 0 aliphatic carbocycles. The number of thiazole rings is 1. The predicted molar refractivity (Wildman–Crippen MR) is 122 cm³/mol. The van der Waals surface area contributed by atoms with Crippen molar-refractivity contribution in [2.75, 3.05) is 0 Å².